The average Bonchev–Trinajstić information content (AvgIpc) is 2.00. The molecule has 0 saturated carbocycles. The van der Waals surface area contributed by atoms with Crippen LogP contribution >= 0.6 is 15.9 Å². The summed E-state index contributed by atoms with van der Waals surface area (Å²) in [6, 6.07) is 0. The third kappa shape index (κ3) is 5.24. The first-order chi connectivity index (χ1) is 5.02. The number of amides is 1. The van der Waals surface area contributed by atoms with Gasteiger partial charge in [0.15, 0.2) is 0 Å². The predicted octanol–water partition coefficient (Wildman–Crippen LogP) is 1.93. The summed E-state index contributed by atoms with van der Waals surface area (Å²) in [5.74, 6) is 0.0616. The third-order valence-corrected chi connectivity index (χ3v) is 2.35. The molecular weight excluding hydrogens is 206 g/mol. The Balaban J connectivity index is 3.61. The molecule has 0 spiro atoms. The highest BCUT2D eigenvalue weighted by molar-refractivity contribution is 9.09. The van der Waals surface area contributed by atoms with Crippen molar-refractivity contribution in [3.63, 3.8) is 0 Å². The molecule has 66 valence electrons. The van der Waals surface area contributed by atoms with Crippen molar-refractivity contribution in [1.29, 1.82) is 0 Å². The Hall–Kier alpha value is -0.0500. The zero-order valence-corrected chi connectivity index (χ0v) is 8.99. The number of nitrogens with one attached hydrogen (secondary N) is 1. The van der Waals surface area contributed by atoms with Gasteiger partial charge in [0.2, 0.25) is 5.91 Å². The molecule has 0 rings (SSSR count). The molecule has 0 unspecified atom stereocenters. The first kappa shape index (κ1) is 11.0. The van der Waals surface area contributed by atoms with Gasteiger partial charge < -0.3 is 5.32 Å². The van der Waals surface area contributed by atoms with Crippen LogP contribution in [0.3, 0.4) is 0 Å². The van der Waals surface area contributed by atoms with E-state index in [9.17, 15) is 4.79 Å². The normalized spacial score (nSPS) is 11.3. The summed E-state index contributed by atoms with van der Waals surface area (Å²) in [6.45, 7) is 7.16. The van der Waals surface area contributed by atoms with Crippen LogP contribution < -0.4 is 5.32 Å². The molecule has 2 nitrogen and oxygen atoms in total. The fraction of sp³-hybridized carbons (Fsp3) is 0.875. The van der Waals surface area contributed by atoms with Gasteiger partial charge in [-0.3, -0.25) is 4.79 Å². The van der Waals surface area contributed by atoms with Crippen molar-refractivity contribution in [2.24, 2.45) is 5.41 Å². The molecule has 0 atom stereocenters. The third-order valence-electron chi connectivity index (χ3n) is 1.84. The molecule has 0 saturated heterocycles. The molecule has 0 bridgehead atoms. The topological polar surface area (TPSA) is 29.1 Å². The summed E-state index contributed by atoms with van der Waals surface area (Å²) in [5, 5.41) is 3.23. The van der Waals surface area contributed by atoms with Crippen LogP contribution in [0.1, 0.15) is 27.2 Å². The van der Waals surface area contributed by atoms with E-state index < -0.39 is 0 Å². The number of hydrogen-bond donors (Lipinski definition) is 1. The molecule has 0 aliphatic carbocycles. The predicted molar refractivity (Wildman–Crippen MR) is 50.9 cm³/mol. The number of rotatable bonds is 4. The molecule has 0 aromatic carbocycles. The highest BCUT2D eigenvalue weighted by Gasteiger charge is 2.15. The average molecular weight is 222 g/mol. The maximum Gasteiger partial charge on any atom is 0.230 e. The minimum Gasteiger partial charge on any atom is -0.355 e. The van der Waals surface area contributed by atoms with Crippen molar-refractivity contribution in [2.75, 3.05) is 11.9 Å². The molecular formula is C8H16BrNO. The van der Waals surface area contributed by atoms with Crippen molar-refractivity contribution in [3.8, 4) is 0 Å². The molecule has 0 aromatic rings. The number of hydrogen-bond acceptors (Lipinski definition) is 1. The van der Waals surface area contributed by atoms with E-state index in [0.29, 0.717) is 5.33 Å². The summed E-state index contributed by atoms with van der Waals surface area (Å²) >= 11 is 3.09. The van der Waals surface area contributed by atoms with Gasteiger partial charge in [0.1, 0.15) is 0 Å². The summed E-state index contributed by atoms with van der Waals surface area (Å²) in [4.78, 5) is 10.8. The van der Waals surface area contributed by atoms with Crippen LogP contribution in [0.25, 0.3) is 0 Å². The van der Waals surface area contributed by atoms with Gasteiger partial charge in [-0.15, -0.1) is 0 Å². The van der Waals surface area contributed by atoms with Crippen molar-refractivity contribution in [2.45, 2.75) is 27.2 Å². The zero-order chi connectivity index (χ0) is 8.91. The zero-order valence-electron chi connectivity index (χ0n) is 7.41. The Kier molecular flexibility index (Phi) is 4.73. The molecule has 3 heteroatoms. The van der Waals surface area contributed by atoms with Crippen LogP contribution in [0, 0.1) is 5.41 Å². The van der Waals surface area contributed by atoms with Gasteiger partial charge in [-0.2, -0.15) is 0 Å². The van der Waals surface area contributed by atoms with Crippen LogP contribution in [-0.2, 0) is 4.79 Å². The summed E-state index contributed by atoms with van der Waals surface area (Å²) in [5.41, 5.74) is 0.220. The van der Waals surface area contributed by atoms with Crippen LogP contribution in [0.2, 0.25) is 0 Å². The lowest BCUT2D eigenvalue weighted by molar-refractivity contribution is -0.118. The van der Waals surface area contributed by atoms with Crippen LogP contribution in [-0.4, -0.2) is 17.8 Å². The fourth-order valence-corrected chi connectivity index (χ4v) is 0.708. The molecule has 0 fully saturated rings. The number of carbonyl (C=O) groups excluding carboxylic acids is 1. The second-order valence-electron chi connectivity index (χ2n) is 3.43. The SMILES string of the molecule is CCC(C)(C)CNC(=O)CBr. The molecule has 1 amide bonds. The second kappa shape index (κ2) is 4.75. The molecule has 0 radical (unpaired) electrons. The first-order valence-corrected chi connectivity index (χ1v) is 4.96. The summed E-state index contributed by atoms with van der Waals surface area (Å²) in [7, 11) is 0. The van der Waals surface area contributed by atoms with E-state index in [0.717, 1.165) is 13.0 Å². The Morgan fingerprint density at radius 1 is 1.55 bits per heavy atom. The Morgan fingerprint density at radius 3 is 2.45 bits per heavy atom. The van der Waals surface area contributed by atoms with Gasteiger partial charge in [0.05, 0.1) is 5.33 Å². The van der Waals surface area contributed by atoms with Crippen LogP contribution in [0.15, 0.2) is 0 Å². The maximum absolute atomic E-state index is 10.8. The van der Waals surface area contributed by atoms with Gasteiger partial charge >= 0.3 is 0 Å². The largest absolute Gasteiger partial charge is 0.355 e. The van der Waals surface area contributed by atoms with E-state index in [4.69, 9.17) is 0 Å². The second-order valence-corrected chi connectivity index (χ2v) is 3.99. The monoisotopic (exact) mass is 221 g/mol. The van der Waals surface area contributed by atoms with Gasteiger partial charge in [0, 0.05) is 6.54 Å². The molecule has 0 aliphatic rings. The van der Waals surface area contributed by atoms with E-state index >= 15 is 0 Å². The van der Waals surface area contributed by atoms with E-state index in [1.54, 1.807) is 0 Å². The van der Waals surface area contributed by atoms with E-state index in [2.05, 4.69) is 42.0 Å². The molecule has 0 aromatic heterocycles. The van der Waals surface area contributed by atoms with Gasteiger partial charge in [-0.25, -0.2) is 0 Å². The number of halogens is 1. The van der Waals surface area contributed by atoms with Gasteiger partial charge in [-0.1, -0.05) is 36.7 Å². The van der Waals surface area contributed by atoms with Crippen LogP contribution in [0.5, 0.6) is 0 Å². The van der Waals surface area contributed by atoms with Crippen molar-refractivity contribution < 1.29 is 4.79 Å². The van der Waals surface area contributed by atoms with Crippen molar-refractivity contribution in [3.05, 3.63) is 0 Å². The van der Waals surface area contributed by atoms with Crippen LogP contribution in [0.4, 0.5) is 0 Å². The molecule has 0 heterocycles. The summed E-state index contributed by atoms with van der Waals surface area (Å²) < 4.78 is 0. The summed E-state index contributed by atoms with van der Waals surface area (Å²) in [6.07, 6.45) is 1.08. The minimum atomic E-state index is 0.0616. The Bertz CT molecular complexity index is 134. The lowest BCUT2D eigenvalue weighted by Gasteiger charge is -2.22. The van der Waals surface area contributed by atoms with Gasteiger partial charge in [-0.05, 0) is 11.8 Å². The van der Waals surface area contributed by atoms with Crippen molar-refractivity contribution >= 4 is 21.8 Å². The van der Waals surface area contributed by atoms with E-state index in [-0.39, 0.29) is 11.3 Å². The molecule has 11 heavy (non-hydrogen) atoms. The highest BCUT2D eigenvalue weighted by atomic mass is 79.9. The molecule has 1 N–H and O–H groups in total. The molecule has 0 aliphatic heterocycles. The van der Waals surface area contributed by atoms with E-state index in [1.807, 2.05) is 0 Å². The standard InChI is InChI=1S/C8H16BrNO/c1-4-8(2,3)6-10-7(11)5-9/h4-6H2,1-3H3,(H,10,11). The smallest absolute Gasteiger partial charge is 0.230 e. The lowest BCUT2D eigenvalue weighted by Crippen LogP contribution is -2.34. The quantitative estimate of drug-likeness (QED) is 0.723. The maximum atomic E-state index is 10.8. The number of alkyl halides is 1. The number of carbonyl (C=O) groups is 1. The Labute approximate surface area is 76.9 Å². The lowest BCUT2D eigenvalue weighted by atomic mass is 9.90. The Morgan fingerprint density at radius 2 is 2.09 bits per heavy atom. The minimum absolute atomic E-state index is 0.0616. The highest BCUT2D eigenvalue weighted by Crippen LogP contribution is 2.17. The van der Waals surface area contributed by atoms with Crippen molar-refractivity contribution in [1.82, 2.24) is 5.32 Å². The van der Waals surface area contributed by atoms with E-state index in [1.165, 1.54) is 0 Å². The fourth-order valence-electron chi connectivity index (χ4n) is 0.510. The van der Waals surface area contributed by atoms with Gasteiger partial charge in [0.25, 0.3) is 0 Å². The first-order valence-electron chi connectivity index (χ1n) is 3.84.